The maximum Gasteiger partial charge on any atom is 0.267 e. The molecule has 0 aromatic carbocycles. The van der Waals surface area contributed by atoms with Crippen LogP contribution in [0.25, 0.3) is 0 Å². The second-order valence-corrected chi connectivity index (χ2v) is 13.7. The predicted octanol–water partition coefficient (Wildman–Crippen LogP) is 2.51. The minimum absolute atomic E-state index is 0.0577. The zero-order chi connectivity index (χ0) is 23.5. The molecule has 0 spiro atoms. The van der Waals surface area contributed by atoms with Gasteiger partial charge in [0.15, 0.2) is 0 Å². The molecule has 4 amide bonds. The molecular weight excluding hydrogens is 458 g/mol. The normalized spacial score (nSPS) is 40.5. The second kappa shape index (κ2) is 8.41. The van der Waals surface area contributed by atoms with Crippen LogP contribution in [0.4, 0.5) is 0 Å². The van der Waals surface area contributed by atoms with E-state index in [0.717, 1.165) is 32.1 Å². The van der Waals surface area contributed by atoms with Crippen molar-refractivity contribution in [2.75, 3.05) is 33.2 Å². The van der Waals surface area contributed by atoms with Crippen molar-refractivity contribution in [3.05, 3.63) is 11.0 Å². The van der Waals surface area contributed by atoms with Crippen molar-refractivity contribution >= 4 is 47.2 Å². The van der Waals surface area contributed by atoms with Crippen LogP contribution in [0.15, 0.2) is 11.0 Å². The average molecular weight is 492 g/mol. The number of amides is 4. The van der Waals surface area contributed by atoms with E-state index >= 15 is 0 Å². The molecule has 0 radical (unpaired) electrons. The Hall–Kier alpha value is -1.32. The maximum atomic E-state index is 13.3. The number of nitrogens with zero attached hydrogens (tertiary/aromatic N) is 3. The molecule has 3 aliphatic carbocycles. The summed E-state index contributed by atoms with van der Waals surface area (Å²) >= 11 is 3.25. The molecule has 3 aliphatic heterocycles. The van der Waals surface area contributed by atoms with Gasteiger partial charge in [0.05, 0.1) is 10.2 Å². The molecule has 7 nitrogen and oxygen atoms in total. The molecule has 6 bridgehead atoms. The highest BCUT2D eigenvalue weighted by Gasteiger charge is 2.61. The van der Waals surface area contributed by atoms with Gasteiger partial charge in [0, 0.05) is 48.2 Å². The summed E-state index contributed by atoms with van der Waals surface area (Å²) in [5.74, 6) is 0.278. The molecule has 2 saturated heterocycles. The number of hydrogen-bond donors (Lipinski definition) is 0. The third-order valence-corrected chi connectivity index (χ3v) is 12.5. The lowest BCUT2D eigenvalue weighted by Crippen LogP contribution is -2.57. The van der Waals surface area contributed by atoms with Crippen molar-refractivity contribution in [1.29, 1.82) is 0 Å². The van der Waals surface area contributed by atoms with E-state index in [9.17, 15) is 19.2 Å². The highest BCUT2D eigenvalue weighted by atomic mass is 32.2. The van der Waals surface area contributed by atoms with E-state index < -0.39 is 0 Å². The number of fused-ring (bicyclic) bond motifs is 7. The van der Waals surface area contributed by atoms with Gasteiger partial charge in [0.2, 0.25) is 11.8 Å². The molecule has 5 unspecified atom stereocenters. The predicted molar refractivity (Wildman–Crippen MR) is 129 cm³/mol. The smallest absolute Gasteiger partial charge is 0.267 e. The number of thioether (sulfide) groups is 2. The van der Waals surface area contributed by atoms with E-state index in [0.29, 0.717) is 42.9 Å². The van der Waals surface area contributed by atoms with Crippen LogP contribution in [-0.4, -0.2) is 86.3 Å². The summed E-state index contributed by atoms with van der Waals surface area (Å²) in [6, 6.07) is 0. The van der Waals surface area contributed by atoms with Crippen LogP contribution < -0.4 is 0 Å². The first-order valence-electron chi connectivity index (χ1n) is 12.1. The summed E-state index contributed by atoms with van der Waals surface area (Å²) < 4.78 is -0.579. The highest BCUT2D eigenvalue weighted by Crippen LogP contribution is 2.65. The molecule has 3 saturated carbocycles. The third kappa shape index (κ3) is 3.69. The van der Waals surface area contributed by atoms with Gasteiger partial charge < -0.3 is 4.90 Å². The summed E-state index contributed by atoms with van der Waals surface area (Å²) in [7, 11) is 1.89. The van der Waals surface area contributed by atoms with E-state index in [1.807, 2.05) is 11.9 Å². The molecule has 3 heterocycles. The summed E-state index contributed by atoms with van der Waals surface area (Å²) in [6.07, 6.45) is 7.37. The number of carbonyl (C=O) groups excluding carboxylic acids is 4. The Bertz CT molecular complexity index is 931. The highest BCUT2D eigenvalue weighted by molar-refractivity contribution is 8.08. The van der Waals surface area contributed by atoms with Crippen molar-refractivity contribution in [1.82, 2.24) is 14.7 Å². The molecule has 180 valence electrons. The standard InChI is InChI=1S/C24H33N3O4S2/c1-23-15-5-4-6-16(8-7-15)24(23,2)33-18-14-20(29)27(22(18)31)12-10-25(3)9-11-26-19(28)13-17(32-23)21(26)30/h13,15-16,18H,4-12,14H2,1-3H3. The Kier molecular flexibility index (Phi) is 5.97. The number of likely N-dealkylation sites (N-methyl/N-ethyl adjacent to an activating group) is 1. The first-order chi connectivity index (χ1) is 15.6. The van der Waals surface area contributed by atoms with Crippen molar-refractivity contribution < 1.29 is 19.2 Å². The van der Waals surface area contributed by atoms with Gasteiger partial charge in [-0.25, -0.2) is 0 Å². The van der Waals surface area contributed by atoms with Crippen LogP contribution in [0.5, 0.6) is 0 Å². The van der Waals surface area contributed by atoms with Gasteiger partial charge in [-0.2, -0.15) is 0 Å². The maximum absolute atomic E-state index is 13.3. The van der Waals surface area contributed by atoms with E-state index in [-0.39, 0.29) is 44.8 Å². The lowest BCUT2D eigenvalue weighted by atomic mass is 9.68. The molecule has 0 aromatic rings. The lowest BCUT2D eigenvalue weighted by Gasteiger charge is -2.56. The van der Waals surface area contributed by atoms with Gasteiger partial charge in [0.1, 0.15) is 0 Å². The van der Waals surface area contributed by atoms with Crippen molar-refractivity contribution in [3.8, 4) is 0 Å². The molecule has 9 heteroatoms. The van der Waals surface area contributed by atoms with Gasteiger partial charge in [-0.1, -0.05) is 6.42 Å². The van der Waals surface area contributed by atoms with Crippen LogP contribution in [-0.2, 0) is 19.2 Å². The second-order valence-electron chi connectivity index (χ2n) is 10.5. The van der Waals surface area contributed by atoms with E-state index in [1.165, 1.54) is 15.9 Å². The van der Waals surface area contributed by atoms with Gasteiger partial charge in [-0.3, -0.25) is 29.0 Å². The molecule has 6 rings (SSSR count). The Morgan fingerprint density at radius 2 is 1.52 bits per heavy atom. The molecular formula is C24H33N3O4S2. The minimum atomic E-state index is -0.372. The average Bonchev–Trinajstić information content (AvgIpc) is 3.02. The number of rotatable bonds is 0. The van der Waals surface area contributed by atoms with E-state index in [2.05, 4.69) is 13.8 Å². The van der Waals surface area contributed by atoms with Crippen LogP contribution in [0.3, 0.4) is 0 Å². The number of imide groups is 2. The quantitative estimate of drug-likeness (QED) is 0.482. The lowest BCUT2D eigenvalue weighted by molar-refractivity contribution is -0.138. The topological polar surface area (TPSA) is 78.0 Å². The molecule has 5 fully saturated rings. The summed E-state index contributed by atoms with van der Waals surface area (Å²) in [5, 5.41) is -0.372. The van der Waals surface area contributed by atoms with Gasteiger partial charge in [0.25, 0.3) is 11.8 Å². The molecule has 0 aromatic heterocycles. The Labute approximate surface area is 204 Å². The Balaban J connectivity index is 1.56. The minimum Gasteiger partial charge on any atom is -0.303 e. The van der Waals surface area contributed by atoms with Crippen LogP contribution in [0.1, 0.15) is 52.4 Å². The Morgan fingerprint density at radius 1 is 0.879 bits per heavy atom. The summed E-state index contributed by atoms with van der Waals surface area (Å²) in [6.45, 7) is 6.22. The number of carbonyl (C=O) groups is 4. The first-order valence-corrected chi connectivity index (χ1v) is 13.8. The molecule has 0 N–H and O–H groups in total. The summed E-state index contributed by atoms with van der Waals surface area (Å²) in [5.41, 5.74) is 0. The largest absolute Gasteiger partial charge is 0.303 e. The van der Waals surface area contributed by atoms with Crippen LogP contribution >= 0.6 is 23.5 Å². The fourth-order valence-corrected chi connectivity index (χ4v) is 10.3. The SMILES string of the molecule is CN1CCN2C(=O)C=C(SC3(C)C4CCCC(CC4)C3(C)SC3CC(=O)N(CC1)C3=O)C2=O. The monoisotopic (exact) mass is 491 g/mol. The third-order valence-electron chi connectivity index (χ3n) is 8.81. The van der Waals surface area contributed by atoms with Gasteiger partial charge >= 0.3 is 0 Å². The van der Waals surface area contributed by atoms with E-state index in [4.69, 9.17) is 0 Å². The molecule has 6 aliphatic rings. The van der Waals surface area contributed by atoms with Gasteiger partial charge in [-0.15, -0.1) is 23.5 Å². The molecule has 5 atom stereocenters. The first kappa shape index (κ1) is 23.4. The van der Waals surface area contributed by atoms with Crippen LogP contribution in [0, 0.1) is 11.8 Å². The van der Waals surface area contributed by atoms with Gasteiger partial charge in [-0.05, 0) is 58.4 Å². The van der Waals surface area contributed by atoms with Crippen molar-refractivity contribution in [2.45, 2.75) is 67.1 Å². The van der Waals surface area contributed by atoms with Crippen molar-refractivity contribution in [2.24, 2.45) is 11.8 Å². The molecule has 33 heavy (non-hydrogen) atoms. The zero-order valence-electron chi connectivity index (χ0n) is 19.7. The summed E-state index contributed by atoms with van der Waals surface area (Å²) in [4.78, 5) is 57.4. The zero-order valence-corrected chi connectivity index (χ0v) is 21.3. The van der Waals surface area contributed by atoms with Crippen LogP contribution in [0.2, 0.25) is 0 Å². The van der Waals surface area contributed by atoms with E-state index in [1.54, 1.807) is 23.5 Å². The van der Waals surface area contributed by atoms with Crippen molar-refractivity contribution in [3.63, 3.8) is 0 Å². The fraction of sp³-hybridized carbons (Fsp3) is 0.750. The Morgan fingerprint density at radius 3 is 2.21 bits per heavy atom. The number of hydrogen-bond acceptors (Lipinski definition) is 7. The fourth-order valence-electron chi connectivity index (χ4n) is 6.54.